The smallest absolute Gasteiger partial charge is 0.304 e. The molecule has 1 rings (SSSR count). The first kappa shape index (κ1) is 15.8. The minimum absolute atomic E-state index is 0.0286. The molecule has 0 fully saturated rings. The Balaban J connectivity index is 3.48. The summed E-state index contributed by atoms with van der Waals surface area (Å²) in [6, 6.07) is 1.57. The second-order valence-corrected chi connectivity index (χ2v) is 5.59. The molecule has 0 aromatic heterocycles. The van der Waals surface area contributed by atoms with E-state index >= 15 is 0 Å². The Morgan fingerprint density at radius 1 is 1.42 bits per heavy atom. The SMILES string of the molecule is COc1cc(Br)c(C(C)(C)CC(=O)O)c(F)c1OC. The van der Waals surface area contributed by atoms with Crippen LogP contribution in [0.2, 0.25) is 0 Å². The van der Waals surface area contributed by atoms with E-state index in [9.17, 15) is 9.18 Å². The predicted molar refractivity (Wildman–Crippen MR) is 72.5 cm³/mol. The number of halogens is 2. The van der Waals surface area contributed by atoms with Crippen LogP contribution in [0.1, 0.15) is 25.8 Å². The largest absolute Gasteiger partial charge is 0.493 e. The summed E-state index contributed by atoms with van der Waals surface area (Å²) in [5.74, 6) is -1.38. The molecule has 0 aliphatic carbocycles. The van der Waals surface area contributed by atoms with Crippen LogP contribution in [0.15, 0.2) is 10.5 Å². The Hall–Kier alpha value is -1.30. The Morgan fingerprint density at radius 2 is 2.00 bits per heavy atom. The van der Waals surface area contributed by atoms with Crippen molar-refractivity contribution in [3.63, 3.8) is 0 Å². The van der Waals surface area contributed by atoms with E-state index in [1.165, 1.54) is 14.2 Å². The van der Waals surface area contributed by atoms with Gasteiger partial charge in [0.15, 0.2) is 17.3 Å². The highest BCUT2D eigenvalue weighted by atomic mass is 79.9. The zero-order valence-electron chi connectivity index (χ0n) is 11.2. The molecule has 0 aliphatic rings. The van der Waals surface area contributed by atoms with Gasteiger partial charge in [-0.1, -0.05) is 29.8 Å². The van der Waals surface area contributed by atoms with Gasteiger partial charge < -0.3 is 14.6 Å². The molecule has 106 valence electrons. The summed E-state index contributed by atoms with van der Waals surface area (Å²) in [5, 5.41) is 8.93. The van der Waals surface area contributed by atoms with Gasteiger partial charge in [-0.25, -0.2) is 4.39 Å². The van der Waals surface area contributed by atoms with E-state index < -0.39 is 17.2 Å². The molecular formula is C13H16BrFO4. The average Bonchev–Trinajstić information content (AvgIpc) is 2.25. The van der Waals surface area contributed by atoms with Crippen LogP contribution in [0, 0.1) is 5.82 Å². The van der Waals surface area contributed by atoms with Gasteiger partial charge in [0, 0.05) is 15.5 Å². The fraction of sp³-hybridized carbons (Fsp3) is 0.462. The highest BCUT2D eigenvalue weighted by Gasteiger charge is 2.32. The van der Waals surface area contributed by atoms with Crippen LogP contribution in [-0.4, -0.2) is 25.3 Å². The summed E-state index contributed by atoms with van der Waals surface area (Å²) >= 11 is 3.26. The van der Waals surface area contributed by atoms with Crippen molar-refractivity contribution in [2.45, 2.75) is 25.7 Å². The van der Waals surface area contributed by atoms with Crippen LogP contribution < -0.4 is 9.47 Å². The number of rotatable bonds is 5. The molecule has 0 saturated carbocycles. The van der Waals surface area contributed by atoms with Crippen molar-refractivity contribution in [2.75, 3.05) is 14.2 Å². The van der Waals surface area contributed by atoms with Gasteiger partial charge >= 0.3 is 5.97 Å². The number of benzene rings is 1. The number of hydrogen-bond acceptors (Lipinski definition) is 3. The second-order valence-electron chi connectivity index (χ2n) is 4.74. The van der Waals surface area contributed by atoms with E-state index in [0.717, 1.165) is 0 Å². The van der Waals surface area contributed by atoms with Gasteiger partial charge in [0.2, 0.25) is 0 Å². The van der Waals surface area contributed by atoms with E-state index in [-0.39, 0.29) is 23.5 Å². The predicted octanol–water partition coefficient (Wildman–Crippen LogP) is 3.36. The van der Waals surface area contributed by atoms with Crippen LogP contribution in [-0.2, 0) is 10.2 Å². The molecular weight excluding hydrogens is 319 g/mol. The Kier molecular flexibility index (Phi) is 4.79. The molecule has 0 amide bonds. The molecule has 1 N–H and O–H groups in total. The molecule has 0 bridgehead atoms. The van der Waals surface area contributed by atoms with E-state index in [2.05, 4.69) is 15.9 Å². The van der Waals surface area contributed by atoms with Crippen LogP contribution in [0.3, 0.4) is 0 Å². The lowest BCUT2D eigenvalue weighted by Crippen LogP contribution is -2.24. The topological polar surface area (TPSA) is 55.8 Å². The molecule has 1 aromatic rings. The maximum absolute atomic E-state index is 14.5. The van der Waals surface area contributed by atoms with Crippen molar-refractivity contribution >= 4 is 21.9 Å². The maximum Gasteiger partial charge on any atom is 0.304 e. The zero-order valence-corrected chi connectivity index (χ0v) is 12.8. The summed E-state index contributed by atoms with van der Waals surface area (Å²) in [6.45, 7) is 3.33. The number of carboxylic acid groups (broad SMARTS) is 1. The average molecular weight is 335 g/mol. The first-order valence-corrected chi connectivity index (χ1v) is 6.36. The highest BCUT2D eigenvalue weighted by Crippen LogP contribution is 2.43. The lowest BCUT2D eigenvalue weighted by Gasteiger charge is -2.26. The van der Waals surface area contributed by atoms with Crippen molar-refractivity contribution in [3.8, 4) is 11.5 Å². The van der Waals surface area contributed by atoms with Gasteiger partial charge in [0.05, 0.1) is 20.6 Å². The van der Waals surface area contributed by atoms with Gasteiger partial charge in [-0.2, -0.15) is 0 Å². The Bertz CT molecular complexity index is 500. The summed E-state index contributed by atoms with van der Waals surface area (Å²) in [7, 11) is 2.74. The fourth-order valence-corrected chi connectivity index (χ4v) is 2.93. The van der Waals surface area contributed by atoms with Crippen LogP contribution >= 0.6 is 15.9 Å². The molecule has 6 heteroatoms. The maximum atomic E-state index is 14.5. The van der Waals surface area contributed by atoms with Gasteiger partial charge in [0.25, 0.3) is 0 Å². The quantitative estimate of drug-likeness (QED) is 0.897. The molecule has 0 radical (unpaired) electrons. The van der Waals surface area contributed by atoms with Crippen LogP contribution in [0.5, 0.6) is 11.5 Å². The first-order chi connectivity index (χ1) is 8.74. The lowest BCUT2D eigenvalue weighted by molar-refractivity contribution is -0.138. The van der Waals surface area contributed by atoms with Gasteiger partial charge in [-0.3, -0.25) is 4.79 Å². The minimum Gasteiger partial charge on any atom is -0.493 e. The monoisotopic (exact) mass is 334 g/mol. The van der Waals surface area contributed by atoms with Gasteiger partial charge in [0.1, 0.15) is 0 Å². The van der Waals surface area contributed by atoms with Crippen molar-refractivity contribution in [1.29, 1.82) is 0 Å². The third kappa shape index (κ3) is 3.18. The molecule has 0 atom stereocenters. The fourth-order valence-electron chi connectivity index (χ4n) is 2.01. The van der Waals surface area contributed by atoms with Crippen molar-refractivity contribution in [3.05, 3.63) is 21.9 Å². The molecule has 4 nitrogen and oxygen atoms in total. The summed E-state index contributed by atoms with van der Waals surface area (Å²) in [4.78, 5) is 10.9. The lowest BCUT2D eigenvalue weighted by atomic mass is 9.81. The number of carboxylic acids is 1. The van der Waals surface area contributed by atoms with E-state index in [4.69, 9.17) is 14.6 Å². The van der Waals surface area contributed by atoms with Crippen molar-refractivity contribution < 1.29 is 23.8 Å². The molecule has 19 heavy (non-hydrogen) atoms. The summed E-state index contributed by atoms with van der Waals surface area (Å²) in [5.41, 5.74) is -0.624. The van der Waals surface area contributed by atoms with Crippen LogP contribution in [0.4, 0.5) is 4.39 Å². The number of ether oxygens (including phenoxy) is 2. The number of methoxy groups -OCH3 is 2. The molecule has 0 heterocycles. The van der Waals surface area contributed by atoms with Crippen molar-refractivity contribution in [2.24, 2.45) is 0 Å². The Labute approximate surface area is 119 Å². The third-order valence-corrected chi connectivity index (χ3v) is 3.46. The van der Waals surface area contributed by atoms with E-state index in [1.54, 1.807) is 19.9 Å². The third-order valence-electron chi connectivity index (χ3n) is 2.83. The Morgan fingerprint density at radius 3 is 2.42 bits per heavy atom. The first-order valence-electron chi connectivity index (χ1n) is 5.56. The van der Waals surface area contributed by atoms with Crippen molar-refractivity contribution in [1.82, 2.24) is 0 Å². The normalized spacial score (nSPS) is 11.3. The van der Waals surface area contributed by atoms with Gasteiger partial charge in [-0.05, 0) is 6.07 Å². The summed E-state index contributed by atoms with van der Waals surface area (Å²) in [6.07, 6.45) is -0.196. The standard InChI is InChI=1S/C13H16BrFO4/c1-13(2,6-9(16)17)10-7(14)5-8(18-3)12(19-4)11(10)15/h5H,6H2,1-4H3,(H,16,17). The summed E-state index contributed by atoms with van der Waals surface area (Å²) < 4.78 is 25.0. The number of aliphatic carboxylic acids is 1. The molecule has 0 saturated heterocycles. The molecule has 1 aromatic carbocycles. The van der Waals surface area contributed by atoms with E-state index in [1.807, 2.05) is 0 Å². The van der Waals surface area contributed by atoms with Gasteiger partial charge in [-0.15, -0.1) is 0 Å². The zero-order chi connectivity index (χ0) is 14.8. The molecule has 0 aliphatic heterocycles. The molecule has 0 spiro atoms. The minimum atomic E-state index is -0.994. The highest BCUT2D eigenvalue weighted by molar-refractivity contribution is 9.10. The second kappa shape index (κ2) is 5.77. The molecule has 0 unspecified atom stereocenters. The van der Waals surface area contributed by atoms with Crippen LogP contribution in [0.25, 0.3) is 0 Å². The number of hydrogen-bond donors (Lipinski definition) is 1. The van der Waals surface area contributed by atoms with E-state index in [0.29, 0.717) is 4.47 Å². The number of carbonyl (C=O) groups is 1.